The molecule has 24 heavy (non-hydrogen) atoms. The third-order valence-corrected chi connectivity index (χ3v) is 4.32. The Bertz CT molecular complexity index is 987. The molecule has 1 amide bonds. The average Bonchev–Trinajstić information content (AvgIpc) is 2.59. The monoisotopic (exact) mass is 320 g/mol. The van der Waals surface area contributed by atoms with E-state index in [2.05, 4.69) is 5.32 Å². The van der Waals surface area contributed by atoms with Gasteiger partial charge in [-0.2, -0.15) is 0 Å². The van der Waals surface area contributed by atoms with Gasteiger partial charge in [0.15, 0.2) is 0 Å². The molecule has 2 aromatic carbocycles. The fourth-order valence-corrected chi connectivity index (χ4v) is 2.98. The Balaban J connectivity index is 2.08. The highest BCUT2D eigenvalue weighted by Crippen LogP contribution is 2.22. The van der Waals surface area contributed by atoms with E-state index in [1.54, 1.807) is 12.3 Å². The van der Waals surface area contributed by atoms with Crippen LogP contribution in [0.1, 0.15) is 28.4 Å². The van der Waals surface area contributed by atoms with Gasteiger partial charge in [-0.05, 0) is 36.6 Å². The van der Waals surface area contributed by atoms with Crippen LogP contribution in [0.5, 0.6) is 0 Å². The molecule has 0 saturated heterocycles. The van der Waals surface area contributed by atoms with Crippen molar-refractivity contribution in [1.29, 1.82) is 0 Å². The van der Waals surface area contributed by atoms with E-state index in [0.29, 0.717) is 5.39 Å². The maximum absolute atomic E-state index is 12.7. The van der Waals surface area contributed by atoms with Crippen molar-refractivity contribution in [2.75, 3.05) is 5.32 Å². The lowest BCUT2D eigenvalue weighted by Gasteiger charge is -2.14. The number of aromatic nitrogens is 1. The Morgan fingerprint density at radius 2 is 1.88 bits per heavy atom. The quantitative estimate of drug-likeness (QED) is 0.800. The van der Waals surface area contributed by atoms with E-state index in [0.717, 1.165) is 28.8 Å². The Morgan fingerprint density at radius 1 is 1.12 bits per heavy atom. The summed E-state index contributed by atoms with van der Waals surface area (Å²) < 4.78 is 1.81. The smallest absolute Gasteiger partial charge is 0.261 e. The van der Waals surface area contributed by atoms with Crippen molar-refractivity contribution in [2.45, 2.75) is 20.3 Å². The Morgan fingerprint density at radius 3 is 2.62 bits per heavy atom. The first kappa shape index (κ1) is 16.0. The SMILES string of the molecule is CCc1cccc(C)c1NC(=O)c1cn(C)c2ccccc2c1=O. The molecule has 0 aliphatic carbocycles. The first-order valence-electron chi connectivity index (χ1n) is 8.01. The fraction of sp³-hybridized carbons (Fsp3) is 0.200. The van der Waals surface area contributed by atoms with E-state index >= 15 is 0 Å². The molecule has 3 aromatic rings. The number of anilines is 1. The van der Waals surface area contributed by atoms with Crippen LogP contribution in [0.15, 0.2) is 53.5 Å². The van der Waals surface area contributed by atoms with Gasteiger partial charge in [-0.15, -0.1) is 0 Å². The molecule has 0 radical (unpaired) electrons. The van der Waals surface area contributed by atoms with Gasteiger partial charge < -0.3 is 9.88 Å². The van der Waals surface area contributed by atoms with Crippen LogP contribution in [0.25, 0.3) is 10.9 Å². The molecule has 1 heterocycles. The summed E-state index contributed by atoms with van der Waals surface area (Å²) in [7, 11) is 1.84. The lowest BCUT2D eigenvalue weighted by atomic mass is 10.1. The zero-order valence-electron chi connectivity index (χ0n) is 14.1. The number of nitrogens with one attached hydrogen (secondary N) is 1. The summed E-state index contributed by atoms with van der Waals surface area (Å²) in [6.45, 7) is 3.99. The molecule has 0 unspecified atom stereocenters. The van der Waals surface area contributed by atoms with Crippen LogP contribution in [0.4, 0.5) is 5.69 Å². The number of aryl methyl sites for hydroxylation is 3. The highest BCUT2D eigenvalue weighted by Gasteiger charge is 2.16. The molecule has 0 saturated carbocycles. The van der Waals surface area contributed by atoms with Gasteiger partial charge >= 0.3 is 0 Å². The van der Waals surface area contributed by atoms with E-state index in [9.17, 15) is 9.59 Å². The average molecular weight is 320 g/mol. The van der Waals surface area contributed by atoms with E-state index < -0.39 is 0 Å². The number of nitrogens with zero attached hydrogens (tertiary/aromatic N) is 1. The summed E-state index contributed by atoms with van der Waals surface area (Å²) >= 11 is 0. The molecular weight excluding hydrogens is 300 g/mol. The predicted molar refractivity (Wildman–Crippen MR) is 97.7 cm³/mol. The molecule has 1 N–H and O–H groups in total. The molecule has 0 atom stereocenters. The first-order valence-corrected chi connectivity index (χ1v) is 8.01. The third-order valence-electron chi connectivity index (χ3n) is 4.32. The van der Waals surface area contributed by atoms with Crippen LogP contribution in [0, 0.1) is 6.92 Å². The summed E-state index contributed by atoms with van der Waals surface area (Å²) in [6.07, 6.45) is 2.41. The van der Waals surface area contributed by atoms with Gasteiger partial charge in [0, 0.05) is 24.3 Å². The highest BCUT2D eigenvalue weighted by molar-refractivity contribution is 6.06. The van der Waals surface area contributed by atoms with Gasteiger partial charge in [-0.25, -0.2) is 0 Å². The Hall–Kier alpha value is -2.88. The van der Waals surface area contributed by atoms with Crippen molar-refractivity contribution in [3.63, 3.8) is 0 Å². The van der Waals surface area contributed by atoms with E-state index in [1.165, 1.54) is 0 Å². The molecule has 0 aliphatic heterocycles. The van der Waals surface area contributed by atoms with Gasteiger partial charge in [-0.3, -0.25) is 9.59 Å². The first-order chi connectivity index (χ1) is 11.5. The summed E-state index contributed by atoms with van der Waals surface area (Å²) in [6, 6.07) is 13.2. The lowest BCUT2D eigenvalue weighted by Crippen LogP contribution is -2.24. The summed E-state index contributed by atoms with van der Waals surface area (Å²) in [5.41, 5.74) is 3.56. The number of amides is 1. The second-order valence-electron chi connectivity index (χ2n) is 5.92. The minimum atomic E-state index is -0.370. The maximum atomic E-state index is 12.7. The van der Waals surface area contributed by atoms with Crippen molar-refractivity contribution in [3.8, 4) is 0 Å². The number of carbonyl (C=O) groups is 1. The number of rotatable bonds is 3. The van der Waals surface area contributed by atoms with Gasteiger partial charge in [0.05, 0.1) is 5.52 Å². The van der Waals surface area contributed by atoms with Crippen LogP contribution < -0.4 is 10.7 Å². The number of fused-ring (bicyclic) bond motifs is 1. The largest absolute Gasteiger partial charge is 0.350 e. The molecule has 0 spiro atoms. The van der Waals surface area contributed by atoms with Crippen molar-refractivity contribution < 1.29 is 4.79 Å². The van der Waals surface area contributed by atoms with Gasteiger partial charge in [0.1, 0.15) is 5.56 Å². The molecule has 3 rings (SSSR count). The molecule has 1 aromatic heterocycles. The number of carbonyl (C=O) groups excluding carboxylic acids is 1. The maximum Gasteiger partial charge on any atom is 0.261 e. The second kappa shape index (κ2) is 6.32. The van der Waals surface area contributed by atoms with Crippen molar-refractivity contribution in [3.05, 3.63) is 75.6 Å². The van der Waals surface area contributed by atoms with Gasteiger partial charge in [-0.1, -0.05) is 37.3 Å². The van der Waals surface area contributed by atoms with Crippen molar-refractivity contribution >= 4 is 22.5 Å². The van der Waals surface area contributed by atoms with E-state index in [1.807, 2.05) is 61.9 Å². The molecule has 4 heteroatoms. The van der Waals surface area contributed by atoms with E-state index in [-0.39, 0.29) is 16.9 Å². The van der Waals surface area contributed by atoms with Crippen LogP contribution in [0.2, 0.25) is 0 Å². The molecule has 122 valence electrons. The Kier molecular flexibility index (Phi) is 4.21. The third kappa shape index (κ3) is 2.71. The molecule has 0 bridgehead atoms. The van der Waals surface area contributed by atoms with Crippen LogP contribution in [0.3, 0.4) is 0 Å². The number of hydrogen-bond donors (Lipinski definition) is 1. The minimum Gasteiger partial charge on any atom is -0.350 e. The number of pyridine rings is 1. The fourth-order valence-electron chi connectivity index (χ4n) is 2.98. The zero-order valence-corrected chi connectivity index (χ0v) is 14.1. The normalized spacial score (nSPS) is 10.8. The van der Waals surface area contributed by atoms with E-state index in [4.69, 9.17) is 0 Å². The summed E-state index contributed by atoms with van der Waals surface area (Å²) in [4.78, 5) is 25.4. The zero-order chi connectivity index (χ0) is 17.3. The van der Waals surface area contributed by atoms with Crippen LogP contribution in [-0.4, -0.2) is 10.5 Å². The molecule has 0 aliphatic rings. The van der Waals surface area contributed by atoms with Crippen molar-refractivity contribution in [2.24, 2.45) is 7.05 Å². The standard InChI is InChI=1S/C20H20N2O2/c1-4-14-9-7-8-13(2)18(14)21-20(24)16-12-22(3)17-11-6-5-10-15(17)19(16)23/h5-12H,4H2,1-3H3,(H,21,24). The highest BCUT2D eigenvalue weighted by atomic mass is 16.2. The number of hydrogen-bond acceptors (Lipinski definition) is 2. The molecular formula is C20H20N2O2. The Labute approximate surface area is 140 Å². The predicted octanol–water partition coefficient (Wildman–Crippen LogP) is 3.66. The van der Waals surface area contributed by atoms with Crippen molar-refractivity contribution in [1.82, 2.24) is 4.57 Å². The second-order valence-corrected chi connectivity index (χ2v) is 5.92. The lowest BCUT2D eigenvalue weighted by molar-refractivity contribution is 0.102. The number of para-hydroxylation sites is 2. The van der Waals surface area contributed by atoms with Gasteiger partial charge in [0.2, 0.25) is 5.43 Å². The minimum absolute atomic E-state index is 0.154. The van der Waals surface area contributed by atoms with Crippen LogP contribution in [-0.2, 0) is 13.5 Å². The summed E-state index contributed by atoms with van der Waals surface area (Å²) in [5.74, 6) is -0.370. The van der Waals surface area contributed by atoms with Gasteiger partial charge in [0.25, 0.3) is 5.91 Å². The van der Waals surface area contributed by atoms with Crippen LogP contribution >= 0.6 is 0 Å². The number of benzene rings is 2. The molecule has 0 fully saturated rings. The summed E-state index contributed by atoms with van der Waals surface area (Å²) in [5, 5.41) is 3.48. The topological polar surface area (TPSA) is 51.1 Å². The molecule has 4 nitrogen and oxygen atoms in total.